The van der Waals surface area contributed by atoms with Crippen LogP contribution in [0.2, 0.25) is 0 Å². The zero-order valence-corrected chi connectivity index (χ0v) is 5.19. The molecule has 3 aliphatic rings. The highest BCUT2D eigenvalue weighted by Gasteiger charge is 2.25. The van der Waals surface area contributed by atoms with Crippen LogP contribution in [0.3, 0.4) is 0 Å². The average molecular weight is 111 g/mol. The number of nitrogens with one attached hydrogen (secondary N) is 1. The van der Waals surface area contributed by atoms with Crippen LogP contribution in [0, 0.1) is 5.92 Å². The first-order chi connectivity index (χ1) is 3.95. The van der Waals surface area contributed by atoms with E-state index < -0.39 is 0 Å². The summed E-state index contributed by atoms with van der Waals surface area (Å²) in [6.45, 7) is 1.31. The largest absolute Gasteiger partial charge is 0.314 e. The van der Waals surface area contributed by atoms with Gasteiger partial charge >= 0.3 is 0 Å². The molecule has 0 amide bonds. The summed E-state index contributed by atoms with van der Waals surface area (Å²) in [5.74, 6) is 1.04. The lowest BCUT2D eigenvalue weighted by Gasteiger charge is -2.36. The summed E-state index contributed by atoms with van der Waals surface area (Å²) in [6.07, 6.45) is 5.89. The van der Waals surface area contributed by atoms with Crippen LogP contribution < -0.4 is 5.32 Å². The summed E-state index contributed by atoms with van der Waals surface area (Å²) >= 11 is 0. The Morgan fingerprint density at radius 3 is 1.88 bits per heavy atom. The van der Waals surface area contributed by atoms with Crippen molar-refractivity contribution in [3.63, 3.8) is 0 Å². The summed E-state index contributed by atoms with van der Waals surface area (Å²) < 4.78 is 0. The van der Waals surface area contributed by atoms with E-state index >= 15 is 0 Å². The van der Waals surface area contributed by atoms with Crippen LogP contribution in [0.25, 0.3) is 0 Å². The van der Waals surface area contributed by atoms with Crippen molar-refractivity contribution < 1.29 is 0 Å². The molecule has 3 fully saturated rings. The lowest BCUT2D eigenvalue weighted by atomic mass is 9.82. The normalized spacial score (nSPS) is 45.0. The molecule has 0 aromatic heterocycles. The summed E-state index contributed by atoms with van der Waals surface area (Å²) in [4.78, 5) is 0. The predicted molar refractivity (Wildman–Crippen MR) is 33.7 cm³/mol. The minimum atomic E-state index is 0.903. The highest BCUT2D eigenvalue weighted by Crippen LogP contribution is 2.28. The Morgan fingerprint density at radius 2 is 1.75 bits per heavy atom. The number of hydrogen-bond acceptors (Lipinski definition) is 1. The Morgan fingerprint density at radius 1 is 1.00 bits per heavy atom. The Labute approximate surface area is 50.5 Å². The molecular formula is C7H13N. The SMILES string of the molecule is C1C[C@H]2CC[C@@H]1CN2. The molecule has 2 saturated heterocycles. The molecule has 46 valence electrons. The maximum absolute atomic E-state index is 3.52. The third kappa shape index (κ3) is 0.655. The summed E-state index contributed by atoms with van der Waals surface area (Å²) in [5, 5.41) is 3.52. The van der Waals surface area contributed by atoms with Crippen LogP contribution >= 0.6 is 0 Å². The first-order valence-electron chi connectivity index (χ1n) is 3.68. The number of rotatable bonds is 0. The third-order valence-corrected chi connectivity index (χ3v) is 2.54. The first-order valence-corrected chi connectivity index (χ1v) is 3.68. The van der Waals surface area contributed by atoms with Crippen LogP contribution in [-0.2, 0) is 0 Å². The maximum atomic E-state index is 3.52. The standard InChI is InChI=1S/C7H13N/c1-3-7-4-2-6(1)5-8-7/h6-8H,1-5H2/t6-,7+. The zero-order chi connectivity index (χ0) is 5.40. The molecular weight excluding hydrogens is 98.1 g/mol. The molecule has 1 aliphatic carbocycles. The van der Waals surface area contributed by atoms with Crippen molar-refractivity contribution in [2.24, 2.45) is 5.92 Å². The Bertz CT molecular complexity index is 59.4. The van der Waals surface area contributed by atoms with Crippen LogP contribution in [0.5, 0.6) is 0 Å². The highest BCUT2D eigenvalue weighted by atomic mass is 14.9. The van der Waals surface area contributed by atoms with Gasteiger partial charge in [0.05, 0.1) is 0 Å². The molecule has 1 N–H and O–H groups in total. The van der Waals surface area contributed by atoms with E-state index in [4.69, 9.17) is 0 Å². The van der Waals surface area contributed by atoms with Crippen molar-refractivity contribution in [3.8, 4) is 0 Å². The Kier molecular flexibility index (Phi) is 1.04. The molecule has 0 spiro atoms. The molecule has 8 heavy (non-hydrogen) atoms. The van der Waals surface area contributed by atoms with Gasteiger partial charge in [0.25, 0.3) is 0 Å². The van der Waals surface area contributed by atoms with Gasteiger partial charge in [-0.15, -0.1) is 0 Å². The number of piperidine rings is 2. The van der Waals surface area contributed by atoms with Crippen LogP contribution in [0.1, 0.15) is 25.7 Å². The van der Waals surface area contributed by atoms with Crippen molar-refractivity contribution in [1.29, 1.82) is 0 Å². The van der Waals surface area contributed by atoms with E-state index in [1.54, 1.807) is 0 Å². The lowest BCUT2D eigenvalue weighted by molar-refractivity contribution is 0.213. The van der Waals surface area contributed by atoms with Gasteiger partial charge in [-0.1, -0.05) is 0 Å². The smallest absolute Gasteiger partial charge is 0.00673 e. The van der Waals surface area contributed by atoms with Gasteiger partial charge in [-0.05, 0) is 38.1 Å². The average Bonchev–Trinajstić information content (AvgIpc) is 1.92. The second-order valence-electron chi connectivity index (χ2n) is 3.13. The van der Waals surface area contributed by atoms with Crippen molar-refractivity contribution >= 4 is 0 Å². The van der Waals surface area contributed by atoms with Gasteiger partial charge in [-0.25, -0.2) is 0 Å². The van der Waals surface area contributed by atoms with Crippen molar-refractivity contribution in [2.75, 3.05) is 6.54 Å². The maximum Gasteiger partial charge on any atom is 0.00673 e. The third-order valence-electron chi connectivity index (χ3n) is 2.54. The summed E-state index contributed by atoms with van der Waals surface area (Å²) in [5.41, 5.74) is 0. The highest BCUT2D eigenvalue weighted by molar-refractivity contribution is 4.84. The second kappa shape index (κ2) is 1.73. The molecule has 1 nitrogen and oxygen atoms in total. The van der Waals surface area contributed by atoms with Gasteiger partial charge in [-0.2, -0.15) is 0 Å². The monoisotopic (exact) mass is 111 g/mol. The van der Waals surface area contributed by atoms with Crippen molar-refractivity contribution in [2.45, 2.75) is 31.7 Å². The molecule has 1 saturated carbocycles. The molecule has 2 heterocycles. The molecule has 2 bridgehead atoms. The molecule has 2 aliphatic heterocycles. The predicted octanol–water partition coefficient (Wildman–Crippen LogP) is 1.15. The van der Waals surface area contributed by atoms with E-state index in [1.165, 1.54) is 32.2 Å². The van der Waals surface area contributed by atoms with E-state index in [1.807, 2.05) is 0 Å². The topological polar surface area (TPSA) is 12.0 Å². The van der Waals surface area contributed by atoms with Crippen LogP contribution in [0.15, 0.2) is 0 Å². The number of fused-ring (bicyclic) bond motifs is 3. The van der Waals surface area contributed by atoms with Crippen molar-refractivity contribution in [3.05, 3.63) is 0 Å². The van der Waals surface area contributed by atoms with Crippen LogP contribution in [0.4, 0.5) is 0 Å². The minimum Gasteiger partial charge on any atom is -0.314 e. The molecule has 0 aromatic rings. The quantitative estimate of drug-likeness (QED) is 0.494. The minimum absolute atomic E-state index is 0.903. The van der Waals surface area contributed by atoms with E-state index in [0.717, 1.165) is 12.0 Å². The molecule has 1 heteroatoms. The molecule has 0 unspecified atom stereocenters. The molecule has 0 aromatic carbocycles. The molecule has 3 rings (SSSR count). The molecule has 0 atom stereocenters. The van der Waals surface area contributed by atoms with E-state index in [0.29, 0.717) is 0 Å². The zero-order valence-electron chi connectivity index (χ0n) is 5.19. The van der Waals surface area contributed by atoms with E-state index in [-0.39, 0.29) is 0 Å². The fraction of sp³-hybridized carbons (Fsp3) is 1.00. The first kappa shape index (κ1) is 4.80. The summed E-state index contributed by atoms with van der Waals surface area (Å²) in [7, 11) is 0. The van der Waals surface area contributed by atoms with Gasteiger partial charge in [0.1, 0.15) is 0 Å². The number of hydrogen-bond donors (Lipinski definition) is 1. The van der Waals surface area contributed by atoms with E-state index in [2.05, 4.69) is 5.32 Å². The van der Waals surface area contributed by atoms with Gasteiger partial charge < -0.3 is 5.32 Å². The van der Waals surface area contributed by atoms with E-state index in [9.17, 15) is 0 Å². The fourth-order valence-electron chi connectivity index (χ4n) is 1.90. The second-order valence-corrected chi connectivity index (χ2v) is 3.13. The van der Waals surface area contributed by atoms with Gasteiger partial charge in [0.15, 0.2) is 0 Å². The summed E-state index contributed by atoms with van der Waals surface area (Å²) in [6, 6.07) is 0.903. The van der Waals surface area contributed by atoms with Crippen LogP contribution in [-0.4, -0.2) is 12.6 Å². The Balaban J connectivity index is 2.03. The lowest BCUT2D eigenvalue weighted by Crippen LogP contribution is -2.44. The van der Waals surface area contributed by atoms with Gasteiger partial charge in [0, 0.05) is 6.04 Å². The molecule has 0 radical (unpaired) electrons. The Hall–Kier alpha value is -0.0400. The van der Waals surface area contributed by atoms with Crippen molar-refractivity contribution in [1.82, 2.24) is 5.32 Å². The van der Waals surface area contributed by atoms with Gasteiger partial charge in [-0.3, -0.25) is 0 Å². The fourth-order valence-corrected chi connectivity index (χ4v) is 1.90. The van der Waals surface area contributed by atoms with Gasteiger partial charge in [0.2, 0.25) is 0 Å².